The van der Waals surface area contributed by atoms with Gasteiger partial charge in [-0.05, 0) is 31.9 Å². The number of para-hydroxylation sites is 1. The number of aryl methyl sites for hydroxylation is 1. The average Bonchev–Trinajstić information content (AvgIpc) is 3.23. The van der Waals surface area contributed by atoms with Gasteiger partial charge in [0.1, 0.15) is 0 Å². The van der Waals surface area contributed by atoms with Crippen LogP contribution in [0.1, 0.15) is 29.0 Å². The Morgan fingerprint density at radius 3 is 2.65 bits per heavy atom. The van der Waals surface area contributed by atoms with E-state index in [1.54, 1.807) is 11.6 Å². The van der Waals surface area contributed by atoms with Crippen molar-refractivity contribution < 1.29 is 4.79 Å². The Morgan fingerprint density at radius 2 is 2.00 bits per heavy atom. The highest BCUT2D eigenvalue weighted by Crippen LogP contribution is 2.18. The third-order valence-corrected chi connectivity index (χ3v) is 3.24. The molecule has 1 aromatic carbocycles. The third-order valence-electron chi connectivity index (χ3n) is 3.24. The second-order valence-corrected chi connectivity index (χ2v) is 4.99. The van der Waals surface area contributed by atoms with Gasteiger partial charge in [0.2, 0.25) is 5.43 Å². The summed E-state index contributed by atoms with van der Waals surface area (Å²) in [5.74, 6) is -0.387. The zero-order valence-corrected chi connectivity index (χ0v) is 11.2. The lowest BCUT2D eigenvalue weighted by molar-refractivity contribution is 0.0943. The van der Waals surface area contributed by atoms with Crippen molar-refractivity contribution in [2.24, 2.45) is 0 Å². The third kappa shape index (κ3) is 2.47. The number of rotatable bonds is 3. The van der Waals surface area contributed by atoms with Gasteiger partial charge in [0, 0.05) is 17.8 Å². The maximum absolute atomic E-state index is 12.0. The number of carbonyl (C=O) groups excluding carboxylic acids is 1. The highest BCUT2D eigenvalue weighted by atomic mass is 16.2. The zero-order chi connectivity index (χ0) is 14.1. The molecule has 5 nitrogen and oxygen atoms in total. The van der Waals surface area contributed by atoms with E-state index < -0.39 is 0 Å². The predicted octanol–water partition coefficient (Wildman–Crippen LogP) is 1.43. The van der Waals surface area contributed by atoms with Crippen LogP contribution in [-0.2, 0) is 0 Å². The standard InChI is InChI=1S/C15H15N3O2/c1-10-9-13(19)14(15(20)16-11-7-8-11)17-18(10)12-5-3-2-4-6-12/h2-6,9,11H,7-8H2,1H3,(H,16,20). The molecule has 102 valence electrons. The first-order valence-corrected chi connectivity index (χ1v) is 6.62. The second kappa shape index (κ2) is 4.92. The van der Waals surface area contributed by atoms with Crippen LogP contribution in [-0.4, -0.2) is 21.7 Å². The Kier molecular flexibility index (Phi) is 3.10. The summed E-state index contributed by atoms with van der Waals surface area (Å²) in [5.41, 5.74) is 1.13. The van der Waals surface area contributed by atoms with Gasteiger partial charge in [0.05, 0.1) is 5.69 Å². The monoisotopic (exact) mass is 269 g/mol. The molecule has 0 radical (unpaired) electrons. The van der Waals surface area contributed by atoms with Crippen molar-refractivity contribution in [1.29, 1.82) is 0 Å². The average molecular weight is 269 g/mol. The fourth-order valence-corrected chi connectivity index (χ4v) is 2.02. The molecule has 1 fully saturated rings. The highest BCUT2D eigenvalue weighted by Gasteiger charge is 2.26. The molecule has 0 saturated heterocycles. The van der Waals surface area contributed by atoms with E-state index in [0.717, 1.165) is 18.5 Å². The Bertz CT molecular complexity index is 703. The summed E-state index contributed by atoms with van der Waals surface area (Å²) in [4.78, 5) is 24.0. The van der Waals surface area contributed by atoms with E-state index in [2.05, 4.69) is 10.4 Å². The van der Waals surface area contributed by atoms with Gasteiger partial charge in [-0.3, -0.25) is 9.59 Å². The summed E-state index contributed by atoms with van der Waals surface area (Å²) in [6.07, 6.45) is 1.95. The minimum absolute atomic E-state index is 0.0497. The van der Waals surface area contributed by atoms with E-state index >= 15 is 0 Å². The first kappa shape index (κ1) is 12.6. The van der Waals surface area contributed by atoms with E-state index in [-0.39, 0.29) is 23.1 Å². The number of amides is 1. The largest absolute Gasteiger partial charge is 0.348 e. The Balaban J connectivity index is 2.03. The van der Waals surface area contributed by atoms with Crippen molar-refractivity contribution in [2.45, 2.75) is 25.8 Å². The van der Waals surface area contributed by atoms with Gasteiger partial charge < -0.3 is 5.32 Å². The topological polar surface area (TPSA) is 64.0 Å². The van der Waals surface area contributed by atoms with Crippen LogP contribution < -0.4 is 10.7 Å². The molecule has 1 saturated carbocycles. The molecule has 0 unspecified atom stereocenters. The lowest BCUT2D eigenvalue weighted by Crippen LogP contribution is -2.33. The number of carbonyl (C=O) groups is 1. The van der Waals surface area contributed by atoms with Crippen molar-refractivity contribution in [3.63, 3.8) is 0 Å². The SMILES string of the molecule is Cc1cc(=O)c(C(=O)NC2CC2)nn1-c1ccccc1. The molecule has 0 bridgehead atoms. The van der Waals surface area contributed by atoms with Crippen LogP contribution in [0.3, 0.4) is 0 Å². The fraction of sp³-hybridized carbons (Fsp3) is 0.267. The molecular formula is C15H15N3O2. The van der Waals surface area contributed by atoms with Crippen molar-refractivity contribution >= 4 is 5.91 Å². The molecule has 1 heterocycles. The Hall–Kier alpha value is -2.43. The van der Waals surface area contributed by atoms with Gasteiger partial charge >= 0.3 is 0 Å². The molecule has 1 aromatic heterocycles. The van der Waals surface area contributed by atoms with E-state index in [9.17, 15) is 9.59 Å². The van der Waals surface area contributed by atoms with Gasteiger partial charge in [-0.2, -0.15) is 5.10 Å². The van der Waals surface area contributed by atoms with Gasteiger partial charge in [0.25, 0.3) is 5.91 Å². The number of nitrogens with one attached hydrogen (secondary N) is 1. The summed E-state index contributed by atoms with van der Waals surface area (Å²) < 4.78 is 1.61. The van der Waals surface area contributed by atoms with E-state index in [4.69, 9.17) is 0 Å². The Morgan fingerprint density at radius 1 is 1.30 bits per heavy atom. The number of nitrogens with zero attached hydrogens (tertiary/aromatic N) is 2. The normalized spacial score (nSPS) is 14.1. The second-order valence-electron chi connectivity index (χ2n) is 4.99. The van der Waals surface area contributed by atoms with E-state index in [1.165, 1.54) is 6.07 Å². The lowest BCUT2D eigenvalue weighted by atomic mass is 10.2. The molecule has 2 aromatic rings. The summed E-state index contributed by atoms with van der Waals surface area (Å²) in [5, 5.41) is 7.01. The van der Waals surface area contributed by atoms with Gasteiger partial charge in [-0.1, -0.05) is 18.2 Å². The van der Waals surface area contributed by atoms with Crippen molar-refractivity contribution in [2.75, 3.05) is 0 Å². The first-order chi connectivity index (χ1) is 9.65. The maximum Gasteiger partial charge on any atom is 0.276 e. The van der Waals surface area contributed by atoms with Crippen LogP contribution in [0, 0.1) is 6.92 Å². The van der Waals surface area contributed by atoms with Crippen LogP contribution in [0.2, 0.25) is 0 Å². The summed E-state index contributed by atoms with van der Waals surface area (Å²) >= 11 is 0. The highest BCUT2D eigenvalue weighted by molar-refractivity contribution is 5.92. The molecule has 1 aliphatic rings. The Labute approximate surface area is 116 Å². The van der Waals surface area contributed by atoms with E-state index in [1.807, 2.05) is 30.3 Å². The molecule has 1 aliphatic carbocycles. The van der Waals surface area contributed by atoms with Crippen LogP contribution in [0.4, 0.5) is 0 Å². The van der Waals surface area contributed by atoms with Crippen LogP contribution in [0.15, 0.2) is 41.2 Å². The summed E-state index contributed by atoms with van der Waals surface area (Å²) in [7, 11) is 0. The minimum Gasteiger partial charge on any atom is -0.348 e. The minimum atomic E-state index is -0.387. The van der Waals surface area contributed by atoms with Gasteiger partial charge in [-0.25, -0.2) is 4.68 Å². The number of benzene rings is 1. The number of hydrogen-bond donors (Lipinski definition) is 1. The summed E-state index contributed by atoms with van der Waals surface area (Å²) in [6, 6.07) is 11.1. The molecule has 0 atom stereocenters. The van der Waals surface area contributed by atoms with Crippen molar-refractivity contribution in [3.8, 4) is 5.69 Å². The van der Waals surface area contributed by atoms with Crippen LogP contribution >= 0.6 is 0 Å². The molecule has 0 aliphatic heterocycles. The number of hydrogen-bond acceptors (Lipinski definition) is 3. The molecular weight excluding hydrogens is 254 g/mol. The van der Waals surface area contributed by atoms with Crippen LogP contribution in [0.25, 0.3) is 5.69 Å². The van der Waals surface area contributed by atoms with Crippen molar-refractivity contribution in [3.05, 3.63) is 58.0 Å². The van der Waals surface area contributed by atoms with Crippen molar-refractivity contribution in [1.82, 2.24) is 15.1 Å². The maximum atomic E-state index is 12.0. The predicted molar refractivity (Wildman–Crippen MR) is 75.1 cm³/mol. The first-order valence-electron chi connectivity index (χ1n) is 6.62. The van der Waals surface area contributed by atoms with Gasteiger partial charge in [0.15, 0.2) is 5.69 Å². The molecule has 20 heavy (non-hydrogen) atoms. The molecule has 1 amide bonds. The molecule has 1 N–H and O–H groups in total. The zero-order valence-electron chi connectivity index (χ0n) is 11.2. The van der Waals surface area contributed by atoms with Crippen LogP contribution in [0.5, 0.6) is 0 Å². The molecule has 3 rings (SSSR count). The smallest absolute Gasteiger partial charge is 0.276 e. The quantitative estimate of drug-likeness (QED) is 0.916. The number of aromatic nitrogens is 2. The molecule has 5 heteroatoms. The lowest BCUT2D eigenvalue weighted by Gasteiger charge is -2.11. The van der Waals surface area contributed by atoms with E-state index in [0.29, 0.717) is 5.69 Å². The fourth-order valence-electron chi connectivity index (χ4n) is 2.02. The van der Waals surface area contributed by atoms with Gasteiger partial charge in [-0.15, -0.1) is 0 Å². The molecule has 0 spiro atoms. The summed E-state index contributed by atoms with van der Waals surface area (Å²) in [6.45, 7) is 1.80.